The minimum atomic E-state index is 0.672. The van der Waals surface area contributed by atoms with Crippen molar-refractivity contribution in [2.24, 2.45) is 17.8 Å². The van der Waals surface area contributed by atoms with Gasteiger partial charge in [-0.15, -0.1) is 0 Å². The van der Waals surface area contributed by atoms with E-state index >= 15 is 0 Å². The van der Waals surface area contributed by atoms with E-state index in [1.807, 2.05) is 0 Å². The molecule has 4 unspecified atom stereocenters. The average Bonchev–Trinajstić information content (AvgIpc) is 2.61. The van der Waals surface area contributed by atoms with Crippen LogP contribution in [0.15, 0.2) is 12.2 Å². The summed E-state index contributed by atoms with van der Waals surface area (Å²) >= 11 is 4.56. The monoisotopic (exact) mass is 154 g/mol. The second-order valence-electron chi connectivity index (χ2n) is 3.79. The first-order valence-electron chi connectivity index (χ1n) is 4.07. The lowest BCUT2D eigenvalue weighted by Gasteiger charge is -2.24. The molecule has 1 heteroatoms. The minimum absolute atomic E-state index is 0.672. The van der Waals surface area contributed by atoms with Gasteiger partial charge in [-0.25, -0.2) is 0 Å². The van der Waals surface area contributed by atoms with Gasteiger partial charge in [-0.1, -0.05) is 19.1 Å². The van der Waals surface area contributed by atoms with Gasteiger partial charge in [0.05, 0.1) is 0 Å². The first-order valence-corrected chi connectivity index (χ1v) is 4.58. The Morgan fingerprint density at radius 3 is 2.90 bits per heavy atom. The van der Waals surface area contributed by atoms with Crippen LogP contribution < -0.4 is 0 Å². The zero-order chi connectivity index (χ0) is 7.30. The summed E-state index contributed by atoms with van der Waals surface area (Å²) in [6.07, 6.45) is 2.63. The highest BCUT2D eigenvalue weighted by Gasteiger charge is 2.48. The molecule has 0 N–H and O–H groups in total. The van der Waals surface area contributed by atoms with Crippen molar-refractivity contribution >= 4 is 12.6 Å². The summed E-state index contributed by atoms with van der Waals surface area (Å²) in [7, 11) is 0. The van der Waals surface area contributed by atoms with E-state index in [1.165, 1.54) is 18.4 Å². The van der Waals surface area contributed by atoms with E-state index in [1.54, 1.807) is 0 Å². The quantitative estimate of drug-likeness (QED) is 0.402. The number of hydrogen-bond donors (Lipinski definition) is 1. The van der Waals surface area contributed by atoms with Gasteiger partial charge in [-0.3, -0.25) is 0 Å². The molecule has 2 saturated carbocycles. The van der Waals surface area contributed by atoms with Gasteiger partial charge in [0.15, 0.2) is 0 Å². The molecule has 0 heterocycles. The SMILES string of the molecule is C=C1C(C)CC(S)C2CC12. The fourth-order valence-electron chi connectivity index (χ4n) is 2.12. The van der Waals surface area contributed by atoms with Crippen LogP contribution in [-0.4, -0.2) is 5.25 Å². The molecule has 0 spiro atoms. The highest BCUT2D eigenvalue weighted by molar-refractivity contribution is 7.81. The number of allylic oxidation sites excluding steroid dienone is 1. The van der Waals surface area contributed by atoms with E-state index in [4.69, 9.17) is 0 Å². The molecular formula is C9H14S. The molecule has 0 saturated heterocycles. The molecule has 0 nitrogen and oxygen atoms in total. The molecule has 10 heavy (non-hydrogen) atoms. The molecule has 0 radical (unpaired) electrons. The molecule has 4 atom stereocenters. The topological polar surface area (TPSA) is 0 Å². The van der Waals surface area contributed by atoms with Crippen molar-refractivity contribution in [3.05, 3.63) is 12.2 Å². The van der Waals surface area contributed by atoms with Crippen molar-refractivity contribution in [3.63, 3.8) is 0 Å². The van der Waals surface area contributed by atoms with Crippen molar-refractivity contribution in [1.82, 2.24) is 0 Å². The maximum Gasteiger partial charge on any atom is 0.00566 e. The number of rotatable bonds is 0. The summed E-state index contributed by atoms with van der Waals surface area (Å²) in [6.45, 7) is 6.40. The van der Waals surface area contributed by atoms with Crippen LogP contribution in [0.5, 0.6) is 0 Å². The summed E-state index contributed by atoms with van der Waals surface area (Å²) in [5.41, 5.74) is 1.50. The first kappa shape index (κ1) is 6.78. The lowest BCUT2D eigenvalue weighted by Crippen LogP contribution is -2.17. The summed E-state index contributed by atoms with van der Waals surface area (Å²) in [4.78, 5) is 0. The number of fused-ring (bicyclic) bond motifs is 1. The molecule has 2 fully saturated rings. The highest BCUT2D eigenvalue weighted by atomic mass is 32.1. The van der Waals surface area contributed by atoms with Crippen molar-refractivity contribution in [1.29, 1.82) is 0 Å². The highest BCUT2D eigenvalue weighted by Crippen LogP contribution is 2.55. The molecule has 0 aromatic heterocycles. The zero-order valence-electron chi connectivity index (χ0n) is 6.38. The summed E-state index contributed by atoms with van der Waals surface area (Å²) < 4.78 is 0. The zero-order valence-corrected chi connectivity index (χ0v) is 7.27. The third-order valence-electron chi connectivity index (χ3n) is 3.04. The first-order chi connectivity index (χ1) is 4.70. The predicted octanol–water partition coefficient (Wildman–Crippen LogP) is 2.52. The van der Waals surface area contributed by atoms with Gasteiger partial charge >= 0.3 is 0 Å². The Labute approximate surface area is 68.1 Å². The molecule has 2 rings (SSSR count). The predicted molar refractivity (Wildman–Crippen MR) is 47.3 cm³/mol. The van der Waals surface area contributed by atoms with E-state index in [2.05, 4.69) is 26.1 Å². The minimum Gasteiger partial charge on any atom is -0.176 e. The Bertz CT molecular complexity index is 170. The molecule has 2 aliphatic rings. The van der Waals surface area contributed by atoms with Crippen LogP contribution in [0.1, 0.15) is 19.8 Å². The Balaban J connectivity index is 2.12. The van der Waals surface area contributed by atoms with E-state index in [0.717, 1.165) is 17.8 Å². The van der Waals surface area contributed by atoms with E-state index in [9.17, 15) is 0 Å². The van der Waals surface area contributed by atoms with Crippen LogP contribution in [0.25, 0.3) is 0 Å². The number of thiol groups is 1. The second kappa shape index (κ2) is 2.04. The maximum absolute atomic E-state index is 4.56. The van der Waals surface area contributed by atoms with E-state index in [0.29, 0.717) is 5.25 Å². The smallest absolute Gasteiger partial charge is 0.00566 e. The Kier molecular flexibility index (Phi) is 1.38. The third kappa shape index (κ3) is 0.833. The summed E-state index contributed by atoms with van der Waals surface area (Å²) in [5.74, 6) is 2.48. The van der Waals surface area contributed by atoms with Gasteiger partial charge in [0.1, 0.15) is 0 Å². The van der Waals surface area contributed by atoms with Crippen molar-refractivity contribution in [2.75, 3.05) is 0 Å². The molecule has 0 aromatic rings. The third-order valence-corrected chi connectivity index (χ3v) is 3.63. The van der Waals surface area contributed by atoms with Gasteiger partial charge in [-0.05, 0) is 30.6 Å². The molecular weight excluding hydrogens is 140 g/mol. The van der Waals surface area contributed by atoms with E-state index in [-0.39, 0.29) is 0 Å². The molecule has 0 aliphatic heterocycles. The van der Waals surface area contributed by atoms with Crippen molar-refractivity contribution in [2.45, 2.75) is 25.0 Å². The van der Waals surface area contributed by atoms with Crippen LogP contribution in [0.4, 0.5) is 0 Å². The molecule has 0 bridgehead atoms. The van der Waals surface area contributed by atoms with Crippen LogP contribution >= 0.6 is 12.6 Å². The lowest BCUT2D eigenvalue weighted by molar-refractivity contribution is 0.481. The maximum atomic E-state index is 4.56. The Morgan fingerprint density at radius 1 is 1.50 bits per heavy atom. The number of hydrogen-bond acceptors (Lipinski definition) is 1. The van der Waals surface area contributed by atoms with Crippen LogP contribution in [0.2, 0.25) is 0 Å². The van der Waals surface area contributed by atoms with Gasteiger partial charge in [0, 0.05) is 5.25 Å². The molecule has 0 amide bonds. The van der Waals surface area contributed by atoms with Crippen LogP contribution in [0, 0.1) is 17.8 Å². The average molecular weight is 154 g/mol. The summed E-state index contributed by atoms with van der Waals surface area (Å²) in [6, 6.07) is 0. The van der Waals surface area contributed by atoms with Crippen LogP contribution in [-0.2, 0) is 0 Å². The van der Waals surface area contributed by atoms with Crippen molar-refractivity contribution < 1.29 is 0 Å². The van der Waals surface area contributed by atoms with Crippen LogP contribution in [0.3, 0.4) is 0 Å². The molecule has 56 valence electrons. The van der Waals surface area contributed by atoms with Crippen molar-refractivity contribution in [3.8, 4) is 0 Å². The standard InChI is InChI=1S/C9H14S/c1-5-3-9(10)8-4-7(8)6(5)2/h5,7-10H,2-4H2,1H3. The van der Waals surface area contributed by atoms with E-state index < -0.39 is 0 Å². The van der Waals surface area contributed by atoms with Gasteiger partial charge < -0.3 is 0 Å². The Hall–Kier alpha value is 0.0900. The van der Waals surface area contributed by atoms with Gasteiger partial charge in [-0.2, -0.15) is 12.6 Å². The largest absolute Gasteiger partial charge is 0.176 e. The van der Waals surface area contributed by atoms with Gasteiger partial charge in [0.25, 0.3) is 0 Å². The molecule has 2 aliphatic carbocycles. The second-order valence-corrected chi connectivity index (χ2v) is 4.45. The normalized spacial score (nSPS) is 52.4. The lowest BCUT2D eigenvalue weighted by atomic mass is 9.86. The fourth-order valence-corrected chi connectivity index (χ4v) is 2.77. The Morgan fingerprint density at radius 2 is 2.20 bits per heavy atom. The van der Waals surface area contributed by atoms with Gasteiger partial charge in [0.2, 0.25) is 0 Å². The fraction of sp³-hybridized carbons (Fsp3) is 0.778. The summed E-state index contributed by atoms with van der Waals surface area (Å²) in [5, 5.41) is 0.672. The molecule has 0 aromatic carbocycles.